The molecule has 1 unspecified atom stereocenters. The molecule has 0 spiro atoms. The number of sulfone groups is 1. The third kappa shape index (κ3) is 4.02. The van der Waals surface area contributed by atoms with E-state index in [4.69, 9.17) is 4.74 Å². The summed E-state index contributed by atoms with van der Waals surface area (Å²) >= 11 is 0. The van der Waals surface area contributed by atoms with E-state index in [0.29, 0.717) is 18.8 Å². The van der Waals surface area contributed by atoms with Crippen LogP contribution in [0.2, 0.25) is 0 Å². The SMILES string of the molecule is CC(C)=COCCC1(C)CCCCCS1(=O)=O. The molecule has 1 fully saturated rings. The summed E-state index contributed by atoms with van der Waals surface area (Å²) in [7, 11) is -2.96. The van der Waals surface area contributed by atoms with Gasteiger partial charge in [0.05, 0.1) is 23.4 Å². The second-order valence-electron chi connectivity index (χ2n) is 5.40. The van der Waals surface area contributed by atoms with Gasteiger partial charge in [-0.25, -0.2) is 8.42 Å². The van der Waals surface area contributed by atoms with E-state index in [9.17, 15) is 8.42 Å². The number of ether oxygens (including phenoxy) is 1. The Hall–Kier alpha value is -0.510. The van der Waals surface area contributed by atoms with Crippen LogP contribution in [-0.4, -0.2) is 25.5 Å². The van der Waals surface area contributed by atoms with Crippen molar-refractivity contribution in [1.82, 2.24) is 0 Å². The van der Waals surface area contributed by atoms with Gasteiger partial charge in [-0.2, -0.15) is 0 Å². The first kappa shape index (κ1) is 14.6. The van der Waals surface area contributed by atoms with Crippen LogP contribution in [0, 0.1) is 0 Å². The highest BCUT2D eigenvalue weighted by Gasteiger charge is 2.39. The zero-order valence-corrected chi connectivity index (χ0v) is 12.0. The molecule has 100 valence electrons. The van der Waals surface area contributed by atoms with Gasteiger partial charge in [-0.3, -0.25) is 0 Å². The fraction of sp³-hybridized carbons (Fsp3) is 0.846. The van der Waals surface area contributed by atoms with E-state index in [1.165, 1.54) is 0 Å². The van der Waals surface area contributed by atoms with E-state index < -0.39 is 14.6 Å². The Morgan fingerprint density at radius 1 is 1.29 bits per heavy atom. The molecule has 0 aromatic rings. The van der Waals surface area contributed by atoms with Crippen molar-refractivity contribution in [3.63, 3.8) is 0 Å². The van der Waals surface area contributed by atoms with Crippen LogP contribution < -0.4 is 0 Å². The molecular formula is C13H24O3S. The molecule has 1 heterocycles. The minimum atomic E-state index is -2.96. The monoisotopic (exact) mass is 260 g/mol. The van der Waals surface area contributed by atoms with Crippen molar-refractivity contribution in [3.8, 4) is 0 Å². The Balaban J connectivity index is 2.61. The molecule has 17 heavy (non-hydrogen) atoms. The maximum absolute atomic E-state index is 12.2. The maximum atomic E-state index is 12.2. The second-order valence-corrected chi connectivity index (χ2v) is 8.02. The molecule has 1 rings (SSSR count). The molecule has 0 radical (unpaired) electrons. The fourth-order valence-electron chi connectivity index (χ4n) is 2.15. The Morgan fingerprint density at radius 3 is 2.65 bits per heavy atom. The predicted molar refractivity (Wildman–Crippen MR) is 70.7 cm³/mol. The smallest absolute Gasteiger partial charge is 0.155 e. The van der Waals surface area contributed by atoms with Crippen LogP contribution in [0.1, 0.15) is 52.9 Å². The van der Waals surface area contributed by atoms with Gasteiger partial charge in [-0.05, 0) is 39.2 Å². The first-order valence-corrected chi connectivity index (χ1v) is 8.00. The van der Waals surface area contributed by atoms with Gasteiger partial charge < -0.3 is 4.74 Å². The van der Waals surface area contributed by atoms with E-state index in [-0.39, 0.29) is 0 Å². The topological polar surface area (TPSA) is 43.4 Å². The van der Waals surface area contributed by atoms with Crippen molar-refractivity contribution in [1.29, 1.82) is 0 Å². The third-order valence-corrected chi connectivity index (χ3v) is 6.17. The highest BCUT2D eigenvalue weighted by atomic mass is 32.2. The van der Waals surface area contributed by atoms with Gasteiger partial charge in [0.2, 0.25) is 0 Å². The van der Waals surface area contributed by atoms with Gasteiger partial charge in [-0.15, -0.1) is 0 Å². The third-order valence-electron chi connectivity index (χ3n) is 3.44. The number of allylic oxidation sites excluding steroid dienone is 1. The first-order chi connectivity index (χ1) is 7.87. The normalized spacial score (nSPS) is 28.2. The van der Waals surface area contributed by atoms with Crippen molar-refractivity contribution in [2.24, 2.45) is 0 Å². The molecule has 0 amide bonds. The molecule has 4 heteroatoms. The number of hydrogen-bond acceptors (Lipinski definition) is 3. The maximum Gasteiger partial charge on any atom is 0.155 e. The minimum Gasteiger partial charge on any atom is -0.501 e. The van der Waals surface area contributed by atoms with Gasteiger partial charge in [0.25, 0.3) is 0 Å². The van der Waals surface area contributed by atoms with Crippen LogP contribution in [0.25, 0.3) is 0 Å². The Morgan fingerprint density at radius 2 is 2.00 bits per heavy atom. The molecule has 0 saturated carbocycles. The molecule has 0 aromatic heterocycles. The molecule has 0 aromatic carbocycles. The van der Waals surface area contributed by atoms with E-state index in [1.807, 2.05) is 20.8 Å². The lowest BCUT2D eigenvalue weighted by Gasteiger charge is -2.27. The van der Waals surface area contributed by atoms with Crippen LogP contribution in [0.4, 0.5) is 0 Å². The summed E-state index contributed by atoms with van der Waals surface area (Å²) in [5.74, 6) is 0.339. The second kappa shape index (κ2) is 5.89. The summed E-state index contributed by atoms with van der Waals surface area (Å²) in [5, 5.41) is 0. The summed E-state index contributed by atoms with van der Waals surface area (Å²) in [4.78, 5) is 0. The summed E-state index contributed by atoms with van der Waals surface area (Å²) in [5.41, 5.74) is 1.10. The van der Waals surface area contributed by atoms with Crippen LogP contribution in [0.3, 0.4) is 0 Å². The lowest BCUT2D eigenvalue weighted by Crippen LogP contribution is -2.37. The highest BCUT2D eigenvalue weighted by molar-refractivity contribution is 7.92. The quantitative estimate of drug-likeness (QED) is 0.576. The van der Waals surface area contributed by atoms with E-state index >= 15 is 0 Å². The largest absolute Gasteiger partial charge is 0.501 e. The summed E-state index contributed by atoms with van der Waals surface area (Å²) in [6.07, 6.45) is 5.92. The molecule has 1 atom stereocenters. The Kier molecular flexibility index (Phi) is 5.04. The zero-order valence-electron chi connectivity index (χ0n) is 11.2. The lowest BCUT2D eigenvalue weighted by molar-refractivity contribution is 0.225. The first-order valence-electron chi connectivity index (χ1n) is 6.35. The lowest BCUT2D eigenvalue weighted by atomic mass is 9.99. The Labute approximate surface area is 105 Å². The van der Waals surface area contributed by atoms with Crippen molar-refractivity contribution < 1.29 is 13.2 Å². The van der Waals surface area contributed by atoms with Gasteiger partial charge in [0.15, 0.2) is 9.84 Å². The molecule has 3 nitrogen and oxygen atoms in total. The molecular weight excluding hydrogens is 236 g/mol. The van der Waals surface area contributed by atoms with E-state index in [0.717, 1.165) is 31.3 Å². The average molecular weight is 260 g/mol. The molecule has 0 N–H and O–H groups in total. The van der Waals surface area contributed by atoms with E-state index in [1.54, 1.807) is 6.26 Å². The van der Waals surface area contributed by atoms with Crippen LogP contribution in [0.15, 0.2) is 11.8 Å². The molecule has 0 aliphatic carbocycles. The van der Waals surface area contributed by atoms with Gasteiger partial charge in [0.1, 0.15) is 0 Å². The van der Waals surface area contributed by atoms with Crippen LogP contribution >= 0.6 is 0 Å². The van der Waals surface area contributed by atoms with Crippen LogP contribution in [-0.2, 0) is 14.6 Å². The van der Waals surface area contributed by atoms with Gasteiger partial charge >= 0.3 is 0 Å². The van der Waals surface area contributed by atoms with Crippen LogP contribution in [0.5, 0.6) is 0 Å². The average Bonchev–Trinajstić information content (AvgIpc) is 2.35. The minimum absolute atomic E-state index is 0.339. The summed E-state index contributed by atoms with van der Waals surface area (Å²) in [6, 6.07) is 0. The fourth-order valence-corrected chi connectivity index (χ4v) is 4.08. The molecule has 0 bridgehead atoms. The van der Waals surface area contributed by atoms with E-state index in [2.05, 4.69) is 0 Å². The Bertz CT molecular complexity index is 366. The molecule has 1 aliphatic heterocycles. The van der Waals surface area contributed by atoms with Crippen molar-refractivity contribution in [2.75, 3.05) is 12.4 Å². The standard InChI is InChI=1S/C13H24O3S/c1-12(2)11-16-9-8-13(3)7-5-4-6-10-17(13,14)15/h11H,4-10H2,1-3H3. The zero-order chi connectivity index (χ0) is 12.9. The highest BCUT2D eigenvalue weighted by Crippen LogP contribution is 2.32. The van der Waals surface area contributed by atoms with Crippen molar-refractivity contribution >= 4 is 9.84 Å². The molecule has 1 aliphatic rings. The van der Waals surface area contributed by atoms with Crippen molar-refractivity contribution in [3.05, 3.63) is 11.8 Å². The summed E-state index contributed by atoms with van der Waals surface area (Å²) < 4.78 is 29.1. The molecule has 1 saturated heterocycles. The van der Waals surface area contributed by atoms with Gasteiger partial charge in [-0.1, -0.05) is 12.8 Å². The summed E-state index contributed by atoms with van der Waals surface area (Å²) in [6.45, 7) is 6.29. The van der Waals surface area contributed by atoms with Crippen molar-refractivity contribution in [2.45, 2.75) is 57.6 Å². The predicted octanol–water partition coefficient (Wildman–Crippen LogP) is 3.06. The number of rotatable bonds is 4. The van der Waals surface area contributed by atoms with Gasteiger partial charge in [0, 0.05) is 6.42 Å². The number of hydrogen-bond donors (Lipinski definition) is 0.